The van der Waals surface area contributed by atoms with E-state index in [4.69, 9.17) is 5.11 Å². The summed E-state index contributed by atoms with van der Waals surface area (Å²) >= 11 is 0. The molecule has 1 aliphatic carbocycles. The molecule has 0 bridgehead atoms. The Kier molecular flexibility index (Phi) is 4.48. The minimum atomic E-state index is -0.144. The molecule has 22 heavy (non-hydrogen) atoms. The molecule has 1 fully saturated rings. The molecule has 0 aromatic carbocycles. The van der Waals surface area contributed by atoms with Gasteiger partial charge < -0.3 is 10.4 Å². The Labute approximate surface area is 129 Å². The molecule has 2 aromatic rings. The first kappa shape index (κ1) is 14.7. The lowest BCUT2D eigenvalue weighted by atomic mass is 9.86. The first-order valence-corrected chi connectivity index (χ1v) is 7.63. The predicted octanol–water partition coefficient (Wildman–Crippen LogP) is 1.55. The Morgan fingerprint density at radius 1 is 1.32 bits per heavy atom. The van der Waals surface area contributed by atoms with E-state index in [2.05, 4.69) is 15.3 Å². The van der Waals surface area contributed by atoms with Crippen molar-refractivity contribution in [3.63, 3.8) is 0 Å². The number of amides is 1. The molecule has 1 amide bonds. The molecular weight excluding hydrogens is 280 g/mol. The number of carbonyl (C=O) groups excluding carboxylic acids is 1. The van der Waals surface area contributed by atoms with Gasteiger partial charge in [0, 0.05) is 25.0 Å². The van der Waals surface area contributed by atoms with Gasteiger partial charge in [0.2, 0.25) is 0 Å². The molecule has 1 aliphatic rings. The Hall–Kier alpha value is -2.21. The van der Waals surface area contributed by atoms with Gasteiger partial charge in [-0.2, -0.15) is 0 Å². The third kappa shape index (κ3) is 3.33. The highest BCUT2D eigenvalue weighted by Crippen LogP contribution is 2.23. The molecular formula is C16H20N4O2. The molecule has 116 valence electrons. The lowest BCUT2D eigenvalue weighted by molar-refractivity contribution is 0.0909. The summed E-state index contributed by atoms with van der Waals surface area (Å²) in [6.45, 7) is 0.245. The summed E-state index contributed by atoms with van der Waals surface area (Å²) in [5, 5.41) is 12.2. The molecule has 6 heteroatoms. The lowest BCUT2D eigenvalue weighted by Gasteiger charge is -2.27. The average molecular weight is 300 g/mol. The molecule has 1 saturated carbocycles. The van der Waals surface area contributed by atoms with Crippen LogP contribution in [0.4, 0.5) is 0 Å². The number of aliphatic hydroxyl groups is 1. The third-order valence-electron chi connectivity index (χ3n) is 4.18. The fraction of sp³-hybridized carbons (Fsp3) is 0.438. The maximum absolute atomic E-state index is 12.3. The van der Waals surface area contributed by atoms with Gasteiger partial charge >= 0.3 is 0 Å². The highest BCUT2D eigenvalue weighted by atomic mass is 16.3. The van der Waals surface area contributed by atoms with Crippen molar-refractivity contribution < 1.29 is 9.90 Å². The van der Waals surface area contributed by atoms with Crippen LogP contribution in [0, 0.1) is 5.92 Å². The molecule has 0 unspecified atom stereocenters. The van der Waals surface area contributed by atoms with Gasteiger partial charge in [0.15, 0.2) is 0 Å². The first-order valence-electron chi connectivity index (χ1n) is 7.63. The van der Waals surface area contributed by atoms with Crippen molar-refractivity contribution in [1.82, 2.24) is 19.9 Å². The number of hydrogen-bond donors (Lipinski definition) is 2. The number of carbonyl (C=O) groups is 1. The van der Waals surface area contributed by atoms with E-state index in [-0.39, 0.29) is 18.6 Å². The van der Waals surface area contributed by atoms with Crippen LogP contribution in [0.1, 0.15) is 36.2 Å². The van der Waals surface area contributed by atoms with Gasteiger partial charge in [-0.05, 0) is 43.7 Å². The minimum absolute atomic E-state index is 0.144. The van der Waals surface area contributed by atoms with Crippen LogP contribution >= 0.6 is 0 Å². The van der Waals surface area contributed by atoms with Crippen molar-refractivity contribution in [2.75, 3.05) is 6.61 Å². The topological polar surface area (TPSA) is 80.0 Å². The van der Waals surface area contributed by atoms with E-state index in [1.807, 2.05) is 12.1 Å². The zero-order valence-electron chi connectivity index (χ0n) is 12.4. The number of hydrogen-bond acceptors (Lipinski definition) is 4. The average Bonchev–Trinajstić information content (AvgIpc) is 3.10. The van der Waals surface area contributed by atoms with E-state index < -0.39 is 0 Å². The van der Waals surface area contributed by atoms with Crippen LogP contribution in [0.25, 0.3) is 5.82 Å². The molecule has 2 heterocycles. The van der Waals surface area contributed by atoms with Gasteiger partial charge in [0.1, 0.15) is 17.8 Å². The number of imidazole rings is 1. The zero-order chi connectivity index (χ0) is 15.4. The summed E-state index contributed by atoms with van der Waals surface area (Å²) in [5.74, 6) is 0.916. The largest absolute Gasteiger partial charge is 0.396 e. The van der Waals surface area contributed by atoms with E-state index in [1.165, 1.54) is 0 Å². The second-order valence-corrected chi connectivity index (χ2v) is 5.72. The Balaban J connectivity index is 1.64. The maximum atomic E-state index is 12.3. The van der Waals surface area contributed by atoms with Crippen molar-refractivity contribution in [2.45, 2.75) is 31.7 Å². The SMILES string of the molecule is O=C(N[C@H]1CC[C@@H](CO)CC1)c1cccc(-n2ccnc2)n1. The number of rotatable bonds is 4. The molecule has 0 aliphatic heterocycles. The van der Waals surface area contributed by atoms with Crippen molar-refractivity contribution in [2.24, 2.45) is 5.92 Å². The highest BCUT2D eigenvalue weighted by molar-refractivity contribution is 5.92. The summed E-state index contributed by atoms with van der Waals surface area (Å²) in [4.78, 5) is 20.7. The normalized spacial score (nSPS) is 21.5. The molecule has 2 N–H and O–H groups in total. The molecule has 2 aromatic heterocycles. The van der Waals surface area contributed by atoms with E-state index in [1.54, 1.807) is 29.4 Å². The van der Waals surface area contributed by atoms with E-state index in [9.17, 15) is 4.79 Å². The van der Waals surface area contributed by atoms with E-state index in [0.29, 0.717) is 17.4 Å². The summed E-state index contributed by atoms with van der Waals surface area (Å²) in [7, 11) is 0. The van der Waals surface area contributed by atoms with Crippen LogP contribution in [0.3, 0.4) is 0 Å². The quantitative estimate of drug-likeness (QED) is 0.898. The number of pyridine rings is 1. The van der Waals surface area contributed by atoms with Crippen molar-refractivity contribution >= 4 is 5.91 Å². The second kappa shape index (κ2) is 6.70. The minimum Gasteiger partial charge on any atom is -0.396 e. The van der Waals surface area contributed by atoms with E-state index in [0.717, 1.165) is 25.7 Å². The number of aliphatic hydroxyl groups excluding tert-OH is 1. The first-order chi connectivity index (χ1) is 10.8. The number of aromatic nitrogens is 3. The summed E-state index contributed by atoms with van der Waals surface area (Å²) < 4.78 is 1.77. The van der Waals surface area contributed by atoms with Gasteiger partial charge in [-0.3, -0.25) is 9.36 Å². The van der Waals surface area contributed by atoms with E-state index >= 15 is 0 Å². The monoisotopic (exact) mass is 300 g/mol. The zero-order valence-corrected chi connectivity index (χ0v) is 12.4. The molecule has 6 nitrogen and oxygen atoms in total. The fourth-order valence-corrected chi connectivity index (χ4v) is 2.84. The summed E-state index contributed by atoms with van der Waals surface area (Å²) in [6.07, 6.45) is 8.87. The molecule has 3 rings (SSSR count). The maximum Gasteiger partial charge on any atom is 0.270 e. The van der Waals surface area contributed by atoms with Crippen LogP contribution in [0.5, 0.6) is 0 Å². The fourth-order valence-electron chi connectivity index (χ4n) is 2.84. The Morgan fingerprint density at radius 3 is 2.82 bits per heavy atom. The van der Waals surface area contributed by atoms with Crippen LogP contribution in [0.15, 0.2) is 36.9 Å². The van der Waals surface area contributed by atoms with Crippen LogP contribution in [-0.4, -0.2) is 38.2 Å². The molecule has 0 spiro atoms. The third-order valence-corrected chi connectivity index (χ3v) is 4.18. The summed E-state index contributed by atoms with van der Waals surface area (Å²) in [5.41, 5.74) is 0.412. The Bertz CT molecular complexity index is 619. The smallest absolute Gasteiger partial charge is 0.270 e. The highest BCUT2D eigenvalue weighted by Gasteiger charge is 2.22. The summed E-state index contributed by atoms with van der Waals surface area (Å²) in [6, 6.07) is 5.55. The number of nitrogens with zero attached hydrogens (tertiary/aromatic N) is 3. The second-order valence-electron chi connectivity index (χ2n) is 5.72. The van der Waals surface area contributed by atoms with Gasteiger partial charge in [-0.1, -0.05) is 6.07 Å². The van der Waals surface area contributed by atoms with Crippen LogP contribution in [-0.2, 0) is 0 Å². The molecule has 0 saturated heterocycles. The molecule has 0 radical (unpaired) electrons. The molecule has 0 atom stereocenters. The van der Waals surface area contributed by atoms with Crippen LogP contribution in [0.2, 0.25) is 0 Å². The van der Waals surface area contributed by atoms with Gasteiger partial charge in [-0.25, -0.2) is 9.97 Å². The van der Waals surface area contributed by atoms with Crippen LogP contribution < -0.4 is 5.32 Å². The van der Waals surface area contributed by atoms with Gasteiger partial charge in [0.25, 0.3) is 5.91 Å². The van der Waals surface area contributed by atoms with Crippen molar-refractivity contribution in [3.8, 4) is 5.82 Å². The lowest BCUT2D eigenvalue weighted by Crippen LogP contribution is -2.38. The Morgan fingerprint density at radius 2 is 2.14 bits per heavy atom. The number of nitrogens with one attached hydrogen (secondary N) is 1. The predicted molar refractivity (Wildman–Crippen MR) is 81.7 cm³/mol. The van der Waals surface area contributed by atoms with Gasteiger partial charge in [0.05, 0.1) is 0 Å². The van der Waals surface area contributed by atoms with Crippen molar-refractivity contribution in [1.29, 1.82) is 0 Å². The van der Waals surface area contributed by atoms with Gasteiger partial charge in [-0.15, -0.1) is 0 Å². The standard InChI is InChI=1S/C16H20N4O2/c21-10-12-4-6-13(7-5-12)18-16(22)14-2-1-3-15(19-14)20-9-8-17-11-20/h1-3,8-9,11-13,21H,4-7,10H2,(H,18,22)/t12-,13+. The van der Waals surface area contributed by atoms with Crippen molar-refractivity contribution in [3.05, 3.63) is 42.6 Å².